The third-order valence-electron chi connectivity index (χ3n) is 0.712. The summed E-state index contributed by atoms with van der Waals surface area (Å²) in [4.78, 5) is 0. The maximum atomic E-state index is 4.76. The molecule has 0 bridgehead atoms. The lowest BCUT2D eigenvalue weighted by Gasteiger charge is -1.93. The molecule has 0 saturated carbocycles. The van der Waals surface area contributed by atoms with Crippen LogP contribution in [0.1, 0.15) is 0 Å². The minimum Gasteiger partial charge on any atom is -0.497 e. The second-order valence-electron chi connectivity index (χ2n) is 1.45. The maximum Gasteiger partial charge on any atom is 0.111 e. The van der Waals surface area contributed by atoms with E-state index in [1.54, 1.807) is 19.3 Å². The Bertz CT molecular complexity index is 147. The van der Waals surface area contributed by atoms with Gasteiger partial charge in [0.25, 0.3) is 0 Å². The van der Waals surface area contributed by atoms with Crippen LogP contribution in [0.3, 0.4) is 0 Å². The summed E-state index contributed by atoms with van der Waals surface area (Å²) in [7, 11) is 1.57. The molecule has 9 heavy (non-hydrogen) atoms. The molecule has 0 aliphatic carbocycles. The molecule has 0 aromatic heterocycles. The molecule has 0 radical (unpaired) electrons. The van der Waals surface area contributed by atoms with E-state index in [9.17, 15) is 0 Å². The predicted molar refractivity (Wildman–Crippen MR) is 43.4 cm³/mol. The minimum absolute atomic E-state index is 0.621. The normalized spacial score (nSPS) is 9.56. The topological polar surface area (TPSA) is 9.23 Å². The third-order valence-corrected chi connectivity index (χ3v) is 0.977. The van der Waals surface area contributed by atoms with Crippen LogP contribution in [0.5, 0.6) is 0 Å². The van der Waals surface area contributed by atoms with Crippen molar-refractivity contribution < 1.29 is 4.74 Å². The molecule has 0 spiro atoms. The van der Waals surface area contributed by atoms with Crippen molar-refractivity contribution in [3.8, 4) is 0 Å². The second-order valence-corrected chi connectivity index (χ2v) is 2.47. The summed E-state index contributed by atoms with van der Waals surface area (Å²) in [6.07, 6.45) is 3.50. The monoisotopic (exact) mass is 188 g/mol. The van der Waals surface area contributed by atoms with Crippen LogP contribution in [-0.2, 0) is 4.74 Å². The van der Waals surface area contributed by atoms with E-state index in [1.165, 1.54) is 0 Å². The van der Waals surface area contributed by atoms with Gasteiger partial charge in [0.2, 0.25) is 0 Å². The van der Waals surface area contributed by atoms with Gasteiger partial charge in [0, 0.05) is 4.48 Å². The van der Waals surface area contributed by atoms with Crippen molar-refractivity contribution in [1.29, 1.82) is 0 Å². The first kappa shape index (κ1) is 8.50. The standard InChI is InChI=1S/C7H9BrO/c1-6(8)4-5-7(2)9-3/h4-5H,1-2H2,3H3. The van der Waals surface area contributed by atoms with E-state index in [-0.39, 0.29) is 0 Å². The average Bonchev–Trinajstić information content (AvgIpc) is 1.83. The fourth-order valence-electron chi connectivity index (χ4n) is 0.251. The SMILES string of the molecule is C=C(Br)C=CC(=C)OC. The Hall–Kier alpha value is -0.500. The van der Waals surface area contributed by atoms with Crippen LogP contribution >= 0.6 is 15.9 Å². The zero-order valence-electron chi connectivity index (χ0n) is 5.36. The van der Waals surface area contributed by atoms with Crippen LogP contribution in [0.2, 0.25) is 0 Å². The van der Waals surface area contributed by atoms with E-state index in [1.807, 2.05) is 0 Å². The molecule has 0 fully saturated rings. The molecule has 0 saturated heterocycles. The molecule has 0 rings (SSSR count). The summed E-state index contributed by atoms with van der Waals surface area (Å²) in [6, 6.07) is 0. The van der Waals surface area contributed by atoms with Crippen molar-refractivity contribution in [2.75, 3.05) is 7.11 Å². The van der Waals surface area contributed by atoms with Gasteiger partial charge in [0.1, 0.15) is 5.76 Å². The van der Waals surface area contributed by atoms with Crippen LogP contribution in [0, 0.1) is 0 Å². The van der Waals surface area contributed by atoms with Gasteiger partial charge in [-0.1, -0.05) is 29.1 Å². The Morgan fingerprint density at radius 2 is 2.00 bits per heavy atom. The summed E-state index contributed by atoms with van der Waals surface area (Å²) >= 11 is 3.15. The van der Waals surface area contributed by atoms with Gasteiger partial charge in [0.05, 0.1) is 7.11 Å². The third kappa shape index (κ3) is 5.37. The quantitative estimate of drug-likeness (QED) is 0.489. The summed E-state index contributed by atoms with van der Waals surface area (Å²) in [5.41, 5.74) is 0. The number of allylic oxidation sites excluding steroid dienone is 3. The maximum absolute atomic E-state index is 4.76. The van der Waals surface area contributed by atoms with Gasteiger partial charge >= 0.3 is 0 Å². The van der Waals surface area contributed by atoms with Gasteiger partial charge in [-0.3, -0.25) is 0 Å². The molecule has 0 N–H and O–H groups in total. The van der Waals surface area contributed by atoms with Gasteiger partial charge in [-0.15, -0.1) is 0 Å². The van der Waals surface area contributed by atoms with Crippen LogP contribution in [0.15, 0.2) is 35.6 Å². The Labute approximate surface area is 63.8 Å². The zero-order chi connectivity index (χ0) is 7.28. The van der Waals surface area contributed by atoms with Crippen LogP contribution in [-0.4, -0.2) is 7.11 Å². The number of methoxy groups -OCH3 is 1. The Morgan fingerprint density at radius 1 is 1.44 bits per heavy atom. The first-order chi connectivity index (χ1) is 4.16. The van der Waals surface area contributed by atoms with E-state index in [0.29, 0.717) is 5.76 Å². The molecule has 0 heterocycles. The largest absolute Gasteiger partial charge is 0.497 e. The summed E-state index contributed by atoms with van der Waals surface area (Å²) in [5, 5.41) is 0. The van der Waals surface area contributed by atoms with Crippen LogP contribution < -0.4 is 0 Å². The number of hydrogen-bond donors (Lipinski definition) is 0. The molecule has 1 nitrogen and oxygen atoms in total. The Balaban J connectivity index is 3.71. The molecule has 2 heteroatoms. The summed E-state index contributed by atoms with van der Waals surface area (Å²) < 4.78 is 5.56. The van der Waals surface area contributed by atoms with E-state index in [2.05, 4.69) is 29.1 Å². The zero-order valence-corrected chi connectivity index (χ0v) is 6.94. The number of halogens is 1. The van der Waals surface area contributed by atoms with Crippen molar-refractivity contribution in [2.24, 2.45) is 0 Å². The van der Waals surface area contributed by atoms with Crippen LogP contribution in [0.25, 0.3) is 0 Å². The molecule has 0 aromatic rings. The predicted octanol–water partition coefficient (Wildman–Crippen LogP) is 2.61. The number of ether oxygens (including phenoxy) is 1. The molecule has 0 amide bonds. The highest BCUT2D eigenvalue weighted by Gasteiger charge is 1.80. The lowest BCUT2D eigenvalue weighted by molar-refractivity contribution is 0.309. The van der Waals surface area contributed by atoms with Gasteiger partial charge in [-0.2, -0.15) is 0 Å². The molecule has 50 valence electrons. The highest BCUT2D eigenvalue weighted by Crippen LogP contribution is 2.04. The van der Waals surface area contributed by atoms with Crippen molar-refractivity contribution in [2.45, 2.75) is 0 Å². The second kappa shape index (κ2) is 4.39. The Kier molecular flexibility index (Phi) is 4.14. The molecule has 0 aliphatic heterocycles. The van der Waals surface area contributed by atoms with E-state index in [4.69, 9.17) is 4.74 Å². The molecular formula is C7H9BrO. The van der Waals surface area contributed by atoms with Gasteiger partial charge in [-0.05, 0) is 12.2 Å². The van der Waals surface area contributed by atoms with Crippen molar-refractivity contribution in [3.63, 3.8) is 0 Å². The van der Waals surface area contributed by atoms with Crippen LogP contribution in [0.4, 0.5) is 0 Å². The minimum atomic E-state index is 0.621. The number of rotatable bonds is 3. The lowest BCUT2D eigenvalue weighted by Crippen LogP contribution is -1.75. The van der Waals surface area contributed by atoms with Crippen molar-refractivity contribution in [3.05, 3.63) is 35.6 Å². The first-order valence-corrected chi connectivity index (χ1v) is 3.21. The highest BCUT2D eigenvalue weighted by molar-refractivity contribution is 9.11. The lowest BCUT2D eigenvalue weighted by atomic mass is 10.4. The smallest absolute Gasteiger partial charge is 0.111 e. The van der Waals surface area contributed by atoms with Crippen molar-refractivity contribution >= 4 is 15.9 Å². The molecule has 0 aliphatic rings. The molecule has 0 unspecified atom stereocenters. The highest BCUT2D eigenvalue weighted by atomic mass is 79.9. The first-order valence-electron chi connectivity index (χ1n) is 2.42. The summed E-state index contributed by atoms with van der Waals surface area (Å²) in [5.74, 6) is 0.621. The van der Waals surface area contributed by atoms with E-state index >= 15 is 0 Å². The van der Waals surface area contributed by atoms with Gasteiger partial charge in [-0.25, -0.2) is 0 Å². The fourth-order valence-corrected chi connectivity index (χ4v) is 0.384. The fraction of sp³-hybridized carbons (Fsp3) is 0.143. The molecule has 0 aromatic carbocycles. The number of hydrogen-bond acceptors (Lipinski definition) is 1. The van der Waals surface area contributed by atoms with Gasteiger partial charge in [0.15, 0.2) is 0 Å². The summed E-state index contributed by atoms with van der Waals surface area (Å²) in [6.45, 7) is 7.17. The molecule has 0 atom stereocenters. The van der Waals surface area contributed by atoms with Gasteiger partial charge < -0.3 is 4.74 Å². The van der Waals surface area contributed by atoms with E-state index < -0.39 is 0 Å². The van der Waals surface area contributed by atoms with E-state index in [0.717, 1.165) is 4.48 Å². The van der Waals surface area contributed by atoms with Crippen molar-refractivity contribution in [1.82, 2.24) is 0 Å². The molecular weight excluding hydrogens is 180 g/mol. The Morgan fingerprint density at radius 3 is 2.33 bits per heavy atom. The average molecular weight is 189 g/mol.